The lowest BCUT2D eigenvalue weighted by Gasteiger charge is -2.12. The Hall–Kier alpha value is -1.68. The quantitative estimate of drug-likeness (QED) is 0.913. The molecule has 17 heavy (non-hydrogen) atoms. The van der Waals surface area contributed by atoms with Gasteiger partial charge >= 0.3 is 0 Å². The van der Waals surface area contributed by atoms with E-state index in [1.165, 1.54) is 0 Å². The molecule has 5 heteroatoms. The van der Waals surface area contributed by atoms with Crippen molar-refractivity contribution in [1.29, 1.82) is 0 Å². The molecule has 1 N–H and O–H groups in total. The van der Waals surface area contributed by atoms with Crippen LogP contribution in [0.4, 0.5) is 0 Å². The van der Waals surface area contributed by atoms with Gasteiger partial charge < -0.3 is 14.5 Å². The number of methoxy groups -OCH3 is 2. The summed E-state index contributed by atoms with van der Waals surface area (Å²) in [6, 6.07) is 3.77. The number of hydrogen-bond donors (Lipinski definition) is 1. The van der Waals surface area contributed by atoms with Crippen LogP contribution in [0.3, 0.4) is 0 Å². The molecule has 4 nitrogen and oxygen atoms in total. The Labute approximate surface area is 105 Å². The van der Waals surface area contributed by atoms with Crippen LogP contribution in [-0.2, 0) is 0 Å². The number of halogens is 1. The molecule has 0 unspecified atom stereocenters. The average molecular weight is 253 g/mol. The van der Waals surface area contributed by atoms with Gasteiger partial charge in [0.15, 0.2) is 5.28 Å². The van der Waals surface area contributed by atoms with Crippen LogP contribution in [0, 0.1) is 6.92 Å². The van der Waals surface area contributed by atoms with E-state index in [9.17, 15) is 0 Å². The Kier molecular flexibility index (Phi) is 3.24. The van der Waals surface area contributed by atoms with Crippen molar-refractivity contribution in [3.8, 4) is 22.8 Å². The van der Waals surface area contributed by atoms with Gasteiger partial charge in [-0.25, -0.2) is 4.98 Å². The largest absolute Gasteiger partial charge is 0.497 e. The zero-order valence-electron chi connectivity index (χ0n) is 9.87. The molecule has 1 aromatic carbocycles. The lowest BCUT2D eigenvalue weighted by molar-refractivity contribution is 0.395. The minimum absolute atomic E-state index is 0.359. The number of rotatable bonds is 3. The molecule has 0 radical (unpaired) electrons. The van der Waals surface area contributed by atoms with Gasteiger partial charge in [-0.1, -0.05) is 0 Å². The number of ether oxygens (including phenoxy) is 2. The van der Waals surface area contributed by atoms with Crippen molar-refractivity contribution in [3.63, 3.8) is 0 Å². The Bertz CT molecular complexity index is 537. The summed E-state index contributed by atoms with van der Waals surface area (Å²) in [5, 5.41) is 0.359. The molecule has 1 heterocycles. The molecule has 0 aliphatic carbocycles. The predicted molar refractivity (Wildman–Crippen MR) is 66.9 cm³/mol. The second kappa shape index (κ2) is 4.67. The number of imidazole rings is 1. The van der Waals surface area contributed by atoms with Crippen molar-refractivity contribution in [1.82, 2.24) is 9.97 Å². The lowest BCUT2D eigenvalue weighted by Crippen LogP contribution is -1.93. The number of nitrogens with one attached hydrogen (secondary N) is 1. The molecule has 0 amide bonds. The second-order valence-electron chi connectivity index (χ2n) is 3.61. The van der Waals surface area contributed by atoms with E-state index < -0.39 is 0 Å². The number of benzene rings is 1. The van der Waals surface area contributed by atoms with Crippen LogP contribution in [0.1, 0.15) is 5.56 Å². The van der Waals surface area contributed by atoms with E-state index in [2.05, 4.69) is 9.97 Å². The Balaban J connectivity index is 2.60. The molecule has 90 valence electrons. The highest BCUT2D eigenvalue weighted by Crippen LogP contribution is 2.36. The summed E-state index contributed by atoms with van der Waals surface area (Å²) < 4.78 is 10.6. The van der Waals surface area contributed by atoms with Gasteiger partial charge in [-0.2, -0.15) is 0 Å². The third kappa shape index (κ3) is 2.22. The van der Waals surface area contributed by atoms with Crippen LogP contribution in [0.2, 0.25) is 5.28 Å². The maximum absolute atomic E-state index is 5.78. The maximum Gasteiger partial charge on any atom is 0.200 e. The van der Waals surface area contributed by atoms with Gasteiger partial charge in [-0.15, -0.1) is 0 Å². The van der Waals surface area contributed by atoms with Crippen LogP contribution >= 0.6 is 11.6 Å². The fourth-order valence-corrected chi connectivity index (χ4v) is 1.92. The molecule has 0 spiro atoms. The minimum atomic E-state index is 0.359. The Morgan fingerprint density at radius 1 is 1.24 bits per heavy atom. The number of hydrogen-bond acceptors (Lipinski definition) is 3. The standard InChI is InChI=1S/C12H13ClN2O2/c1-7-4-8(16-2)5-10(17-3)11(7)9-6-14-12(13)15-9/h4-6H,1-3H3,(H,14,15). The monoisotopic (exact) mass is 252 g/mol. The maximum atomic E-state index is 5.78. The number of nitrogens with zero attached hydrogens (tertiary/aromatic N) is 1. The summed E-state index contributed by atoms with van der Waals surface area (Å²) >= 11 is 5.78. The second-order valence-corrected chi connectivity index (χ2v) is 3.97. The molecular weight excluding hydrogens is 240 g/mol. The van der Waals surface area contributed by atoms with Crippen molar-refractivity contribution in [2.24, 2.45) is 0 Å². The lowest BCUT2D eigenvalue weighted by atomic mass is 10.0. The molecule has 1 aromatic heterocycles. The molecule has 0 aliphatic rings. The third-order valence-electron chi connectivity index (χ3n) is 2.54. The first-order valence-corrected chi connectivity index (χ1v) is 5.47. The van der Waals surface area contributed by atoms with Crippen LogP contribution in [0.25, 0.3) is 11.3 Å². The summed E-state index contributed by atoms with van der Waals surface area (Å²) in [5.74, 6) is 1.48. The Morgan fingerprint density at radius 2 is 2.00 bits per heavy atom. The van der Waals surface area contributed by atoms with Crippen LogP contribution in [-0.4, -0.2) is 24.2 Å². The van der Waals surface area contributed by atoms with E-state index in [-0.39, 0.29) is 0 Å². The molecule has 0 saturated heterocycles. The van der Waals surface area contributed by atoms with Crippen molar-refractivity contribution in [2.75, 3.05) is 14.2 Å². The van der Waals surface area contributed by atoms with Gasteiger partial charge in [0, 0.05) is 11.6 Å². The summed E-state index contributed by atoms with van der Waals surface area (Å²) in [6.45, 7) is 1.98. The van der Waals surface area contributed by atoms with Gasteiger partial charge in [0.05, 0.1) is 26.1 Å². The van der Waals surface area contributed by atoms with Crippen LogP contribution in [0.15, 0.2) is 18.3 Å². The van der Waals surface area contributed by atoms with Crippen LogP contribution in [0.5, 0.6) is 11.5 Å². The minimum Gasteiger partial charge on any atom is -0.497 e. The van der Waals surface area contributed by atoms with Gasteiger partial charge in [-0.3, -0.25) is 0 Å². The molecule has 0 aliphatic heterocycles. The summed E-state index contributed by atoms with van der Waals surface area (Å²) in [4.78, 5) is 6.95. The summed E-state index contributed by atoms with van der Waals surface area (Å²) in [6.07, 6.45) is 1.68. The highest BCUT2D eigenvalue weighted by molar-refractivity contribution is 6.28. The first-order valence-electron chi connectivity index (χ1n) is 5.09. The first-order chi connectivity index (χ1) is 8.15. The van der Waals surface area contributed by atoms with Gasteiger partial charge in [-0.05, 0) is 30.2 Å². The van der Waals surface area contributed by atoms with E-state index in [4.69, 9.17) is 21.1 Å². The van der Waals surface area contributed by atoms with Crippen molar-refractivity contribution in [3.05, 3.63) is 29.2 Å². The number of aryl methyl sites for hydroxylation is 1. The zero-order valence-corrected chi connectivity index (χ0v) is 10.6. The smallest absolute Gasteiger partial charge is 0.200 e. The topological polar surface area (TPSA) is 47.1 Å². The zero-order chi connectivity index (χ0) is 12.4. The van der Waals surface area contributed by atoms with E-state index in [0.717, 1.165) is 28.3 Å². The number of H-pyrrole nitrogens is 1. The van der Waals surface area contributed by atoms with Gasteiger partial charge in [0.1, 0.15) is 11.5 Å². The molecule has 0 bridgehead atoms. The molecule has 0 fully saturated rings. The highest BCUT2D eigenvalue weighted by Gasteiger charge is 2.13. The third-order valence-corrected chi connectivity index (χ3v) is 2.73. The number of aromatic amines is 1. The molecule has 0 saturated carbocycles. The van der Waals surface area contributed by atoms with Gasteiger partial charge in [0.25, 0.3) is 0 Å². The van der Waals surface area contributed by atoms with E-state index in [1.807, 2.05) is 19.1 Å². The molecular formula is C12H13ClN2O2. The van der Waals surface area contributed by atoms with Crippen LogP contribution < -0.4 is 9.47 Å². The molecule has 2 aromatic rings. The normalized spacial score (nSPS) is 10.4. The van der Waals surface area contributed by atoms with Crippen molar-refractivity contribution >= 4 is 11.6 Å². The fraction of sp³-hybridized carbons (Fsp3) is 0.250. The number of aromatic nitrogens is 2. The fourth-order valence-electron chi connectivity index (χ4n) is 1.77. The average Bonchev–Trinajstić information content (AvgIpc) is 2.74. The molecule has 0 atom stereocenters. The SMILES string of the molecule is COc1cc(C)c(-c2cnc(Cl)[nH]2)c(OC)c1. The van der Waals surface area contributed by atoms with Crippen molar-refractivity contribution < 1.29 is 9.47 Å². The van der Waals surface area contributed by atoms with Crippen molar-refractivity contribution in [2.45, 2.75) is 6.92 Å². The Morgan fingerprint density at radius 3 is 2.53 bits per heavy atom. The predicted octanol–water partition coefficient (Wildman–Crippen LogP) is 3.06. The first kappa shape index (κ1) is 11.8. The summed E-state index contributed by atoms with van der Waals surface area (Å²) in [5.41, 5.74) is 2.79. The molecule has 2 rings (SSSR count). The van der Waals surface area contributed by atoms with E-state index in [1.54, 1.807) is 20.4 Å². The van der Waals surface area contributed by atoms with Gasteiger partial charge in [0.2, 0.25) is 0 Å². The van der Waals surface area contributed by atoms with E-state index >= 15 is 0 Å². The van der Waals surface area contributed by atoms with E-state index in [0.29, 0.717) is 5.28 Å². The summed E-state index contributed by atoms with van der Waals surface area (Å²) in [7, 11) is 3.25. The highest BCUT2D eigenvalue weighted by atomic mass is 35.5.